The van der Waals surface area contributed by atoms with Gasteiger partial charge in [-0.1, -0.05) is 0 Å². The molecule has 2 N–H and O–H groups in total. The fourth-order valence-corrected chi connectivity index (χ4v) is 0.870. The van der Waals surface area contributed by atoms with E-state index in [0.29, 0.717) is 5.69 Å². The number of carbonyl (C=O) groups excluding carboxylic acids is 1. The van der Waals surface area contributed by atoms with Crippen molar-refractivity contribution in [3.8, 4) is 0 Å². The van der Waals surface area contributed by atoms with Crippen molar-refractivity contribution >= 4 is 5.97 Å². The van der Waals surface area contributed by atoms with Gasteiger partial charge in [0, 0.05) is 18.6 Å². The van der Waals surface area contributed by atoms with Crippen LogP contribution >= 0.6 is 0 Å². The number of hydrogen-bond acceptors (Lipinski definition) is 5. The maximum Gasteiger partial charge on any atom is 0.307 e. The quantitative estimate of drug-likeness (QED) is 0.666. The van der Waals surface area contributed by atoms with Gasteiger partial charge >= 0.3 is 5.97 Å². The number of esters is 1. The first-order valence-corrected chi connectivity index (χ1v) is 3.82. The molecule has 0 radical (unpaired) electrons. The van der Waals surface area contributed by atoms with Crippen LogP contribution in [-0.2, 0) is 9.53 Å². The van der Waals surface area contributed by atoms with E-state index in [4.69, 9.17) is 5.73 Å². The first-order chi connectivity index (χ1) is 6.24. The number of ether oxygens (including phenoxy) is 1. The zero-order valence-electron chi connectivity index (χ0n) is 7.30. The highest BCUT2D eigenvalue weighted by Crippen LogP contribution is 2.09. The molecule has 1 rings (SSSR count). The molecular weight excluding hydrogens is 170 g/mol. The average Bonchev–Trinajstić information content (AvgIpc) is 2.19. The maximum absolute atomic E-state index is 10.8. The summed E-state index contributed by atoms with van der Waals surface area (Å²) in [6.45, 7) is 0. The molecule has 13 heavy (non-hydrogen) atoms. The number of carbonyl (C=O) groups is 1. The van der Waals surface area contributed by atoms with Crippen LogP contribution in [0, 0.1) is 0 Å². The van der Waals surface area contributed by atoms with E-state index >= 15 is 0 Å². The standard InChI is InChI=1S/C8H11N3O2/c1-13-8(12)4-6(9)7-5-10-2-3-11-7/h2-3,5-6H,4,9H2,1H3/t6-/m1/s1. The lowest BCUT2D eigenvalue weighted by molar-refractivity contribution is -0.141. The molecule has 0 aliphatic rings. The van der Waals surface area contributed by atoms with Gasteiger partial charge in [0.1, 0.15) is 0 Å². The third-order valence-corrected chi connectivity index (χ3v) is 1.58. The number of nitrogens with zero attached hydrogens (tertiary/aromatic N) is 2. The van der Waals surface area contributed by atoms with Crippen molar-refractivity contribution in [2.45, 2.75) is 12.5 Å². The maximum atomic E-state index is 10.8. The van der Waals surface area contributed by atoms with Crippen LogP contribution in [0.3, 0.4) is 0 Å². The van der Waals surface area contributed by atoms with E-state index in [1.165, 1.54) is 19.5 Å². The molecule has 70 valence electrons. The largest absolute Gasteiger partial charge is 0.469 e. The minimum Gasteiger partial charge on any atom is -0.469 e. The second kappa shape index (κ2) is 4.51. The van der Waals surface area contributed by atoms with E-state index in [1.54, 1.807) is 6.20 Å². The molecule has 0 amide bonds. The minimum atomic E-state index is -0.443. The molecule has 5 heteroatoms. The summed E-state index contributed by atoms with van der Waals surface area (Å²) >= 11 is 0. The highest BCUT2D eigenvalue weighted by Gasteiger charge is 2.12. The molecule has 1 aromatic heterocycles. The Hall–Kier alpha value is -1.49. The second-order valence-electron chi connectivity index (χ2n) is 2.52. The topological polar surface area (TPSA) is 78.1 Å². The highest BCUT2D eigenvalue weighted by molar-refractivity contribution is 5.70. The van der Waals surface area contributed by atoms with Crippen LogP contribution in [0.1, 0.15) is 18.2 Å². The summed E-state index contributed by atoms with van der Waals surface area (Å²) in [5.74, 6) is -0.349. The lowest BCUT2D eigenvalue weighted by Gasteiger charge is -2.07. The van der Waals surface area contributed by atoms with E-state index in [9.17, 15) is 4.79 Å². The Balaban J connectivity index is 2.59. The van der Waals surface area contributed by atoms with Crippen molar-refractivity contribution in [2.75, 3.05) is 7.11 Å². The fourth-order valence-electron chi connectivity index (χ4n) is 0.870. The van der Waals surface area contributed by atoms with Crippen molar-refractivity contribution in [3.63, 3.8) is 0 Å². The highest BCUT2D eigenvalue weighted by atomic mass is 16.5. The summed E-state index contributed by atoms with van der Waals surface area (Å²) in [7, 11) is 1.33. The summed E-state index contributed by atoms with van der Waals surface area (Å²) in [6, 6.07) is -0.443. The Bertz CT molecular complexity index is 276. The normalized spacial score (nSPS) is 12.2. The van der Waals surface area contributed by atoms with Gasteiger partial charge in [0.2, 0.25) is 0 Å². The van der Waals surface area contributed by atoms with Gasteiger partial charge in [0.05, 0.1) is 25.3 Å². The first-order valence-electron chi connectivity index (χ1n) is 3.82. The first kappa shape index (κ1) is 9.60. The average molecular weight is 181 g/mol. The summed E-state index contributed by atoms with van der Waals surface area (Å²) in [6.07, 6.45) is 4.74. The van der Waals surface area contributed by atoms with Gasteiger partial charge < -0.3 is 10.5 Å². The molecule has 5 nitrogen and oxygen atoms in total. The molecule has 1 heterocycles. The molecular formula is C8H11N3O2. The van der Waals surface area contributed by atoms with Crippen LogP contribution in [-0.4, -0.2) is 23.0 Å². The molecule has 0 aliphatic carbocycles. The summed E-state index contributed by atoms with van der Waals surface area (Å²) in [4.78, 5) is 18.7. The number of nitrogens with two attached hydrogens (primary N) is 1. The van der Waals surface area contributed by atoms with E-state index in [2.05, 4.69) is 14.7 Å². The molecule has 0 unspecified atom stereocenters. The molecule has 0 aromatic carbocycles. The minimum absolute atomic E-state index is 0.120. The zero-order valence-corrected chi connectivity index (χ0v) is 7.30. The Morgan fingerprint density at radius 2 is 2.46 bits per heavy atom. The predicted octanol–water partition coefficient (Wildman–Crippen LogP) is 0.0395. The molecule has 0 bridgehead atoms. The van der Waals surface area contributed by atoms with Crippen molar-refractivity contribution in [2.24, 2.45) is 5.73 Å². The Morgan fingerprint density at radius 3 is 3.00 bits per heavy atom. The monoisotopic (exact) mass is 181 g/mol. The molecule has 0 saturated heterocycles. The van der Waals surface area contributed by atoms with Gasteiger partial charge in [0.25, 0.3) is 0 Å². The van der Waals surface area contributed by atoms with Crippen molar-refractivity contribution in [1.82, 2.24) is 9.97 Å². The molecule has 0 aliphatic heterocycles. The van der Waals surface area contributed by atoms with Crippen molar-refractivity contribution < 1.29 is 9.53 Å². The van der Waals surface area contributed by atoms with Crippen molar-refractivity contribution in [3.05, 3.63) is 24.3 Å². The van der Waals surface area contributed by atoms with Gasteiger partial charge in [-0.3, -0.25) is 14.8 Å². The lowest BCUT2D eigenvalue weighted by Crippen LogP contribution is -2.17. The fraction of sp³-hybridized carbons (Fsp3) is 0.375. The van der Waals surface area contributed by atoms with E-state index < -0.39 is 6.04 Å². The zero-order chi connectivity index (χ0) is 9.68. The Labute approximate surface area is 75.9 Å². The van der Waals surface area contributed by atoms with E-state index in [0.717, 1.165) is 0 Å². The lowest BCUT2D eigenvalue weighted by atomic mass is 10.1. The summed E-state index contributed by atoms with van der Waals surface area (Å²) < 4.78 is 4.48. The van der Waals surface area contributed by atoms with Crippen LogP contribution < -0.4 is 5.73 Å². The summed E-state index contributed by atoms with van der Waals surface area (Å²) in [5, 5.41) is 0. The van der Waals surface area contributed by atoms with Gasteiger partial charge in [-0.2, -0.15) is 0 Å². The van der Waals surface area contributed by atoms with Crippen LogP contribution in [0.5, 0.6) is 0 Å². The number of aromatic nitrogens is 2. The number of methoxy groups -OCH3 is 1. The van der Waals surface area contributed by atoms with Gasteiger partial charge in [-0.25, -0.2) is 0 Å². The van der Waals surface area contributed by atoms with E-state index in [-0.39, 0.29) is 12.4 Å². The predicted molar refractivity (Wildman–Crippen MR) is 45.6 cm³/mol. The Morgan fingerprint density at radius 1 is 1.69 bits per heavy atom. The SMILES string of the molecule is COC(=O)C[C@@H](N)c1cnccn1. The molecule has 0 spiro atoms. The molecule has 0 saturated carbocycles. The summed E-state index contributed by atoms with van der Waals surface area (Å²) in [5.41, 5.74) is 6.26. The van der Waals surface area contributed by atoms with E-state index in [1.807, 2.05) is 0 Å². The third kappa shape index (κ3) is 2.79. The smallest absolute Gasteiger partial charge is 0.307 e. The number of hydrogen-bond donors (Lipinski definition) is 1. The molecule has 1 atom stereocenters. The number of rotatable bonds is 3. The van der Waals surface area contributed by atoms with Crippen LogP contribution in [0.2, 0.25) is 0 Å². The molecule has 1 aromatic rings. The molecule has 0 fully saturated rings. The second-order valence-corrected chi connectivity index (χ2v) is 2.52. The third-order valence-electron chi connectivity index (χ3n) is 1.58. The van der Waals surface area contributed by atoms with Crippen molar-refractivity contribution in [1.29, 1.82) is 0 Å². The van der Waals surface area contributed by atoms with Gasteiger partial charge in [0.15, 0.2) is 0 Å². The Kier molecular flexibility index (Phi) is 3.33. The van der Waals surface area contributed by atoms with Crippen LogP contribution in [0.4, 0.5) is 0 Å². The van der Waals surface area contributed by atoms with Crippen LogP contribution in [0.15, 0.2) is 18.6 Å². The van der Waals surface area contributed by atoms with Gasteiger partial charge in [-0.15, -0.1) is 0 Å². The van der Waals surface area contributed by atoms with Gasteiger partial charge in [-0.05, 0) is 0 Å². The van der Waals surface area contributed by atoms with Crippen LogP contribution in [0.25, 0.3) is 0 Å².